The summed E-state index contributed by atoms with van der Waals surface area (Å²) < 4.78 is 4.55. The van der Waals surface area contributed by atoms with Gasteiger partial charge in [-0.25, -0.2) is 0 Å². The Labute approximate surface area is 91.4 Å². The zero-order valence-corrected chi connectivity index (χ0v) is 9.52. The van der Waals surface area contributed by atoms with Crippen molar-refractivity contribution in [3.8, 4) is 0 Å². The molecule has 0 spiro atoms. The van der Waals surface area contributed by atoms with Crippen molar-refractivity contribution in [1.82, 2.24) is 0 Å². The number of ether oxygens (including phenoxy) is 1. The van der Waals surface area contributed by atoms with Crippen LogP contribution < -0.4 is 0 Å². The van der Waals surface area contributed by atoms with E-state index in [1.165, 1.54) is 7.11 Å². The topological polar surface area (TPSA) is 26.3 Å². The Bertz CT molecular complexity index is 272. The van der Waals surface area contributed by atoms with E-state index in [0.29, 0.717) is 0 Å². The quantitative estimate of drug-likeness (QED) is 0.484. The van der Waals surface area contributed by atoms with Crippen LogP contribution in [0.5, 0.6) is 0 Å². The molecule has 0 N–H and O–H groups in total. The number of esters is 1. The van der Waals surface area contributed by atoms with Gasteiger partial charge in [0, 0.05) is 0 Å². The van der Waals surface area contributed by atoms with Crippen molar-refractivity contribution in [2.45, 2.75) is 10.3 Å². The van der Waals surface area contributed by atoms with Crippen LogP contribution in [-0.4, -0.2) is 17.0 Å². The van der Waals surface area contributed by atoms with Crippen LogP contribution in [-0.2, 0) is 16.0 Å². The molecule has 1 rings (SSSR count). The van der Waals surface area contributed by atoms with Crippen LogP contribution >= 0.6 is 22.6 Å². The zero-order valence-electron chi connectivity index (χ0n) is 7.37. The molecule has 0 amide bonds. The second-order valence-corrected chi connectivity index (χ2v) is 4.18. The first-order valence-electron chi connectivity index (χ1n) is 4.00. The summed E-state index contributed by atoms with van der Waals surface area (Å²) in [4.78, 5) is 11.1. The van der Waals surface area contributed by atoms with Gasteiger partial charge in [0.05, 0.1) is 7.11 Å². The monoisotopic (exact) mass is 290 g/mol. The van der Waals surface area contributed by atoms with Crippen LogP contribution in [0, 0.1) is 0 Å². The van der Waals surface area contributed by atoms with Gasteiger partial charge in [-0.2, -0.15) is 0 Å². The molecule has 70 valence electrons. The molecule has 0 saturated heterocycles. The number of alkyl halides is 1. The summed E-state index contributed by atoms with van der Waals surface area (Å²) in [5, 5.41) is 0. The molecule has 1 aromatic carbocycles. The van der Waals surface area contributed by atoms with Crippen LogP contribution in [0.1, 0.15) is 5.56 Å². The first kappa shape index (κ1) is 10.5. The van der Waals surface area contributed by atoms with Crippen molar-refractivity contribution >= 4 is 28.6 Å². The minimum atomic E-state index is -0.163. The molecule has 0 saturated carbocycles. The molecule has 2 nitrogen and oxygen atoms in total. The minimum Gasteiger partial charge on any atom is -0.468 e. The average molecular weight is 290 g/mol. The maximum atomic E-state index is 11.1. The molecule has 0 bridgehead atoms. The van der Waals surface area contributed by atoms with E-state index in [1.807, 2.05) is 30.3 Å². The first-order valence-corrected chi connectivity index (χ1v) is 5.24. The van der Waals surface area contributed by atoms with Gasteiger partial charge in [-0.05, 0) is 12.0 Å². The van der Waals surface area contributed by atoms with Crippen LogP contribution in [0.4, 0.5) is 0 Å². The van der Waals surface area contributed by atoms with Crippen molar-refractivity contribution in [1.29, 1.82) is 0 Å². The van der Waals surface area contributed by atoms with Gasteiger partial charge in [0.15, 0.2) is 0 Å². The highest BCUT2D eigenvalue weighted by Crippen LogP contribution is 2.11. The van der Waals surface area contributed by atoms with Crippen molar-refractivity contribution in [2.24, 2.45) is 0 Å². The Morgan fingerprint density at radius 2 is 2.08 bits per heavy atom. The SMILES string of the molecule is COC(=O)[C@@H](I)Cc1ccccc1. The number of rotatable bonds is 3. The zero-order chi connectivity index (χ0) is 9.68. The fraction of sp³-hybridized carbons (Fsp3) is 0.300. The summed E-state index contributed by atoms with van der Waals surface area (Å²) in [6.07, 6.45) is 0.730. The fourth-order valence-corrected chi connectivity index (χ4v) is 1.80. The van der Waals surface area contributed by atoms with E-state index in [1.54, 1.807) is 0 Å². The van der Waals surface area contributed by atoms with Gasteiger partial charge >= 0.3 is 5.97 Å². The molecule has 1 aromatic rings. The number of carbonyl (C=O) groups is 1. The van der Waals surface area contributed by atoms with E-state index < -0.39 is 0 Å². The van der Waals surface area contributed by atoms with Gasteiger partial charge in [0.25, 0.3) is 0 Å². The Balaban J connectivity index is 2.55. The predicted molar refractivity (Wildman–Crippen MR) is 60.0 cm³/mol. The lowest BCUT2D eigenvalue weighted by Gasteiger charge is -2.06. The van der Waals surface area contributed by atoms with E-state index in [0.717, 1.165) is 12.0 Å². The van der Waals surface area contributed by atoms with Crippen LogP contribution in [0.15, 0.2) is 30.3 Å². The number of methoxy groups -OCH3 is 1. The summed E-state index contributed by atoms with van der Waals surface area (Å²) in [6.45, 7) is 0. The lowest BCUT2D eigenvalue weighted by molar-refractivity contribution is -0.139. The first-order chi connectivity index (χ1) is 6.24. The molecule has 3 heteroatoms. The summed E-state index contributed by atoms with van der Waals surface area (Å²) >= 11 is 2.10. The third-order valence-electron chi connectivity index (χ3n) is 1.71. The van der Waals surface area contributed by atoms with E-state index >= 15 is 0 Å². The van der Waals surface area contributed by atoms with Crippen LogP contribution in [0.25, 0.3) is 0 Å². The molecule has 13 heavy (non-hydrogen) atoms. The Hall–Kier alpha value is -0.580. The largest absolute Gasteiger partial charge is 0.468 e. The van der Waals surface area contributed by atoms with Gasteiger partial charge in [0.2, 0.25) is 0 Å². The smallest absolute Gasteiger partial charge is 0.318 e. The molecular formula is C10H11IO2. The number of hydrogen-bond acceptors (Lipinski definition) is 2. The maximum absolute atomic E-state index is 11.1. The summed E-state index contributed by atoms with van der Waals surface area (Å²) in [6, 6.07) is 9.92. The third-order valence-corrected chi connectivity index (χ3v) is 2.66. The third kappa shape index (κ3) is 3.34. The van der Waals surface area contributed by atoms with Gasteiger partial charge < -0.3 is 4.74 Å². The van der Waals surface area contributed by atoms with E-state index in [4.69, 9.17) is 0 Å². The number of halogens is 1. The van der Waals surface area contributed by atoms with Crippen molar-refractivity contribution in [3.05, 3.63) is 35.9 Å². The highest BCUT2D eigenvalue weighted by atomic mass is 127. The summed E-state index contributed by atoms with van der Waals surface area (Å²) in [7, 11) is 1.42. The van der Waals surface area contributed by atoms with Crippen molar-refractivity contribution < 1.29 is 9.53 Å². The highest BCUT2D eigenvalue weighted by molar-refractivity contribution is 14.1. The summed E-state index contributed by atoms with van der Waals surface area (Å²) in [5.74, 6) is -0.163. The Morgan fingerprint density at radius 3 is 2.62 bits per heavy atom. The Morgan fingerprint density at radius 1 is 1.46 bits per heavy atom. The van der Waals surface area contributed by atoms with E-state index in [9.17, 15) is 4.79 Å². The molecule has 0 aliphatic heterocycles. The highest BCUT2D eigenvalue weighted by Gasteiger charge is 2.14. The molecule has 0 aromatic heterocycles. The van der Waals surface area contributed by atoms with Gasteiger partial charge in [-0.1, -0.05) is 52.9 Å². The molecule has 0 radical (unpaired) electrons. The second-order valence-electron chi connectivity index (χ2n) is 2.68. The van der Waals surface area contributed by atoms with Gasteiger partial charge in [0.1, 0.15) is 3.92 Å². The van der Waals surface area contributed by atoms with Gasteiger partial charge in [-0.3, -0.25) is 4.79 Å². The fourth-order valence-electron chi connectivity index (χ4n) is 1.03. The van der Waals surface area contributed by atoms with Crippen molar-refractivity contribution in [3.63, 3.8) is 0 Å². The standard InChI is InChI=1S/C10H11IO2/c1-13-10(12)9(11)7-8-5-3-2-4-6-8/h2-6,9H,7H2,1H3/t9-/m0/s1. The maximum Gasteiger partial charge on any atom is 0.318 e. The molecule has 1 atom stereocenters. The van der Waals surface area contributed by atoms with E-state index in [-0.39, 0.29) is 9.89 Å². The van der Waals surface area contributed by atoms with E-state index in [2.05, 4.69) is 27.3 Å². The second kappa shape index (κ2) is 5.21. The molecular weight excluding hydrogens is 279 g/mol. The average Bonchev–Trinajstić information content (AvgIpc) is 2.18. The Kier molecular flexibility index (Phi) is 4.21. The number of benzene rings is 1. The predicted octanol–water partition coefficient (Wildman–Crippen LogP) is 2.21. The summed E-state index contributed by atoms with van der Waals surface area (Å²) in [5.41, 5.74) is 1.16. The number of carbonyl (C=O) groups excluding carboxylic acids is 1. The molecule has 0 unspecified atom stereocenters. The van der Waals surface area contributed by atoms with Crippen LogP contribution in [0.2, 0.25) is 0 Å². The lowest BCUT2D eigenvalue weighted by atomic mass is 10.1. The normalized spacial score (nSPS) is 12.2. The van der Waals surface area contributed by atoms with Crippen LogP contribution in [0.3, 0.4) is 0 Å². The molecule has 0 heterocycles. The minimum absolute atomic E-state index is 0.0926. The molecule has 0 fully saturated rings. The van der Waals surface area contributed by atoms with Crippen molar-refractivity contribution in [2.75, 3.05) is 7.11 Å². The lowest BCUT2D eigenvalue weighted by Crippen LogP contribution is -2.17. The number of hydrogen-bond donors (Lipinski definition) is 0. The molecule has 0 aliphatic carbocycles. The molecule has 0 aliphatic rings. The van der Waals surface area contributed by atoms with Gasteiger partial charge in [-0.15, -0.1) is 0 Å².